The third-order valence-corrected chi connectivity index (χ3v) is 9.40. The van der Waals surface area contributed by atoms with Crippen LogP contribution in [-0.2, 0) is 20.9 Å². The summed E-state index contributed by atoms with van der Waals surface area (Å²) in [5.41, 5.74) is 10.7. The first-order valence-electron chi connectivity index (χ1n) is 15.5. The van der Waals surface area contributed by atoms with E-state index in [1.54, 1.807) is 16.2 Å². The molecule has 5 N–H and O–H groups in total. The van der Waals surface area contributed by atoms with Crippen LogP contribution in [0.15, 0.2) is 53.5 Å². The summed E-state index contributed by atoms with van der Waals surface area (Å²) in [6, 6.07) is 15.5. The van der Waals surface area contributed by atoms with E-state index < -0.39 is 5.25 Å². The smallest absolute Gasteiger partial charge is 0.247 e. The number of aliphatic imine (C=N–C) groups is 1. The summed E-state index contributed by atoms with van der Waals surface area (Å²) in [4.78, 5) is 47.9. The van der Waals surface area contributed by atoms with Crippen molar-refractivity contribution in [1.82, 2.24) is 15.2 Å². The molecule has 2 aromatic rings. The second-order valence-electron chi connectivity index (χ2n) is 13.2. The highest BCUT2D eigenvalue weighted by atomic mass is 32.2. The minimum Gasteiger partial charge on any atom is -0.396 e. The average molecular weight is 634 g/mol. The lowest BCUT2D eigenvalue weighted by Gasteiger charge is -2.34. The van der Waals surface area contributed by atoms with E-state index in [1.165, 1.54) is 11.8 Å². The van der Waals surface area contributed by atoms with Crippen molar-refractivity contribution in [3.05, 3.63) is 65.2 Å². The maximum Gasteiger partial charge on any atom is 0.247 e. The van der Waals surface area contributed by atoms with Crippen LogP contribution < -0.4 is 21.8 Å². The molecule has 1 unspecified atom stereocenters. The monoisotopic (exact) mass is 633 g/mol. The molecule has 1 fully saturated rings. The van der Waals surface area contributed by atoms with Crippen LogP contribution in [0.2, 0.25) is 0 Å². The van der Waals surface area contributed by atoms with Crippen LogP contribution in [-0.4, -0.2) is 70.6 Å². The molecule has 2 aromatic carbocycles. The highest BCUT2D eigenvalue weighted by Crippen LogP contribution is 2.37. The number of imide groups is 1. The van der Waals surface area contributed by atoms with Gasteiger partial charge in [-0.3, -0.25) is 24.3 Å². The molecule has 2 aliphatic heterocycles. The molecule has 0 aliphatic carbocycles. The number of nitrogens with two attached hydrogens (primary N) is 2. The van der Waals surface area contributed by atoms with Gasteiger partial charge in [-0.05, 0) is 36.8 Å². The number of fused-ring (bicyclic) bond motifs is 2. The van der Waals surface area contributed by atoms with E-state index in [4.69, 9.17) is 11.6 Å². The van der Waals surface area contributed by atoms with Crippen molar-refractivity contribution in [3.63, 3.8) is 0 Å². The van der Waals surface area contributed by atoms with E-state index in [9.17, 15) is 14.4 Å². The Morgan fingerprint density at radius 2 is 1.78 bits per heavy atom. The van der Waals surface area contributed by atoms with Crippen molar-refractivity contribution >= 4 is 52.9 Å². The number of hydrogen-bond acceptors (Lipinski definition) is 8. The number of carbonyl (C=O) groups is 3. The molecule has 242 valence electrons. The molecule has 1 atom stereocenters. The van der Waals surface area contributed by atoms with E-state index in [1.807, 2.05) is 62.4 Å². The lowest BCUT2D eigenvalue weighted by molar-refractivity contribution is -0.141. The molecule has 4 rings (SSSR count). The number of para-hydroxylation sites is 1. The number of benzene rings is 2. The number of hydrazine groups is 1. The molecule has 1 saturated heterocycles. The number of anilines is 1. The highest BCUT2D eigenvalue weighted by molar-refractivity contribution is 8.00. The van der Waals surface area contributed by atoms with Gasteiger partial charge < -0.3 is 21.0 Å². The van der Waals surface area contributed by atoms with Gasteiger partial charge in [0.15, 0.2) is 0 Å². The third-order valence-electron chi connectivity index (χ3n) is 7.68. The van der Waals surface area contributed by atoms with Crippen LogP contribution in [0.4, 0.5) is 5.69 Å². The molecule has 3 amide bonds. The quantitative estimate of drug-likeness (QED) is 0.105. The highest BCUT2D eigenvalue weighted by Gasteiger charge is 2.41. The van der Waals surface area contributed by atoms with Crippen molar-refractivity contribution in [2.24, 2.45) is 27.9 Å². The van der Waals surface area contributed by atoms with Gasteiger partial charge >= 0.3 is 0 Å². The Balaban J connectivity index is 1.56. The summed E-state index contributed by atoms with van der Waals surface area (Å²) in [6.45, 7) is 13.4. The maximum atomic E-state index is 14.1. The summed E-state index contributed by atoms with van der Waals surface area (Å²) in [5.74, 6) is 6.52. The van der Waals surface area contributed by atoms with Crippen LogP contribution in [0, 0.1) is 11.3 Å². The van der Waals surface area contributed by atoms with Gasteiger partial charge in [0.2, 0.25) is 17.7 Å². The topological polar surface area (TPSA) is 137 Å². The van der Waals surface area contributed by atoms with Gasteiger partial charge in [0.1, 0.15) is 6.54 Å². The Bertz CT molecular complexity index is 1470. The number of nitrogens with zero attached hydrogens (tertiary/aromatic N) is 4. The Hall–Kier alpha value is -3.83. The first-order chi connectivity index (χ1) is 21.3. The second-order valence-corrected chi connectivity index (χ2v) is 14.4. The molecule has 0 bridgehead atoms. The van der Waals surface area contributed by atoms with E-state index in [0.717, 1.165) is 16.0 Å². The lowest BCUT2D eigenvalue weighted by Crippen LogP contribution is -2.44. The Labute approximate surface area is 271 Å². The molecule has 45 heavy (non-hydrogen) atoms. The molecule has 10 nitrogen and oxygen atoms in total. The fourth-order valence-electron chi connectivity index (χ4n) is 5.41. The predicted molar refractivity (Wildman–Crippen MR) is 184 cm³/mol. The number of likely N-dealkylation sites (tertiary alicyclic amines) is 1. The number of rotatable bonds is 12. The molecule has 2 aliphatic rings. The molecule has 0 spiro atoms. The number of amides is 3. The van der Waals surface area contributed by atoms with Gasteiger partial charge in [-0.25, -0.2) is 5.84 Å². The Morgan fingerprint density at radius 3 is 2.47 bits per heavy atom. The summed E-state index contributed by atoms with van der Waals surface area (Å²) in [5, 5.41) is 4.28. The van der Waals surface area contributed by atoms with Crippen molar-refractivity contribution < 1.29 is 14.4 Å². The molecule has 2 heterocycles. The fourth-order valence-corrected chi connectivity index (χ4v) is 6.69. The minimum absolute atomic E-state index is 0.0746. The largest absolute Gasteiger partial charge is 0.396 e. The van der Waals surface area contributed by atoms with Gasteiger partial charge in [-0.15, -0.1) is 11.8 Å². The zero-order valence-corrected chi connectivity index (χ0v) is 28.1. The molecule has 0 radical (unpaired) electrons. The molecule has 0 aromatic heterocycles. The zero-order chi connectivity index (χ0) is 32.9. The van der Waals surface area contributed by atoms with Gasteiger partial charge in [-0.2, -0.15) is 0 Å². The number of hydrogen-bond donors (Lipinski definition) is 3. The van der Waals surface area contributed by atoms with Crippen molar-refractivity contribution in [1.29, 1.82) is 0 Å². The number of nitrogens with one attached hydrogen (secondary N) is 1. The zero-order valence-electron chi connectivity index (χ0n) is 27.2. The van der Waals surface area contributed by atoms with E-state index >= 15 is 0 Å². The van der Waals surface area contributed by atoms with Gasteiger partial charge in [-0.1, -0.05) is 70.2 Å². The molecular weight excluding hydrogens is 586 g/mol. The van der Waals surface area contributed by atoms with Crippen molar-refractivity contribution in [3.8, 4) is 0 Å². The number of carbonyl (C=O) groups excluding carboxylic acids is 3. The van der Waals surface area contributed by atoms with Gasteiger partial charge in [0.25, 0.3) is 0 Å². The van der Waals surface area contributed by atoms with Crippen molar-refractivity contribution in [2.45, 2.75) is 65.8 Å². The molecule has 11 heteroatoms. The van der Waals surface area contributed by atoms with Crippen LogP contribution in [0.5, 0.6) is 0 Å². The van der Waals surface area contributed by atoms with Crippen LogP contribution >= 0.6 is 11.8 Å². The summed E-state index contributed by atoms with van der Waals surface area (Å²) < 4.78 is 0. The minimum atomic E-state index is -0.529. The van der Waals surface area contributed by atoms with Gasteiger partial charge in [0, 0.05) is 42.4 Å². The SMILES string of the molecule is CC(C)CN(N)/C1=C(\N)c2ccccc2CN(C(=O)CN2C(=O)CC(SCC(C)(C)C/N=C\NC(C)C)C2=O)c2ccccc21. The first kappa shape index (κ1) is 34.1. The fraction of sp³-hybridized carbons (Fsp3) is 0.471. The standard InChI is InChI=1S/C34H47N7O3S/c1-22(2)16-41(36)32-26-13-9-10-14-27(26)39(17-24-11-7-8-12-25(24)31(32)35)30(43)18-40-29(42)15-28(33(40)44)45-20-34(5,6)19-37-21-38-23(3)4/h7-14,21-23,28H,15-20,35-36H2,1-6H3,(H,37,38)/b32-31-. The summed E-state index contributed by atoms with van der Waals surface area (Å²) in [7, 11) is 0. The summed E-state index contributed by atoms with van der Waals surface area (Å²) in [6.07, 6.45) is 1.80. The number of thioether (sulfide) groups is 1. The van der Waals surface area contributed by atoms with Gasteiger partial charge in [0.05, 0.1) is 35.2 Å². The van der Waals surface area contributed by atoms with Crippen LogP contribution in [0.1, 0.15) is 64.7 Å². The third kappa shape index (κ3) is 8.26. The second kappa shape index (κ2) is 14.5. The molecular formula is C34H47N7O3S. The Kier molecular flexibility index (Phi) is 11.0. The summed E-state index contributed by atoms with van der Waals surface area (Å²) >= 11 is 1.46. The van der Waals surface area contributed by atoms with Crippen LogP contribution in [0.3, 0.4) is 0 Å². The predicted octanol–water partition coefficient (Wildman–Crippen LogP) is 4.06. The normalized spacial score (nSPS) is 18.8. The van der Waals surface area contributed by atoms with E-state index in [-0.39, 0.29) is 48.6 Å². The Morgan fingerprint density at radius 1 is 1.11 bits per heavy atom. The average Bonchev–Trinajstić information content (AvgIpc) is 3.24. The first-order valence-corrected chi connectivity index (χ1v) is 16.5. The lowest BCUT2D eigenvalue weighted by atomic mass is 9.95. The van der Waals surface area contributed by atoms with Crippen molar-refractivity contribution in [2.75, 3.05) is 30.3 Å². The maximum absolute atomic E-state index is 14.1. The van der Waals surface area contributed by atoms with Crippen LogP contribution in [0.25, 0.3) is 11.4 Å². The van der Waals surface area contributed by atoms with E-state index in [2.05, 4.69) is 38.0 Å². The molecule has 0 saturated carbocycles. The van der Waals surface area contributed by atoms with E-state index in [0.29, 0.717) is 47.5 Å².